The molecule has 0 saturated heterocycles. The predicted molar refractivity (Wildman–Crippen MR) is 124 cm³/mol. The maximum atomic E-state index is 12.8. The van der Waals surface area contributed by atoms with Crippen LogP contribution < -0.4 is 11.3 Å². The van der Waals surface area contributed by atoms with E-state index >= 15 is 0 Å². The predicted octanol–water partition coefficient (Wildman–Crippen LogP) is 4.56. The molecule has 5 rings (SSSR count). The second-order valence-electron chi connectivity index (χ2n) is 7.52. The van der Waals surface area contributed by atoms with E-state index in [1.165, 1.54) is 41.5 Å². The molecule has 0 fully saturated rings. The number of aromatic nitrogens is 4. The van der Waals surface area contributed by atoms with E-state index < -0.39 is 0 Å². The highest BCUT2D eigenvalue weighted by Crippen LogP contribution is 2.37. The molecule has 0 amide bonds. The van der Waals surface area contributed by atoms with Gasteiger partial charge in [0.05, 0.1) is 22.0 Å². The Hall–Kier alpha value is -2.45. The van der Waals surface area contributed by atoms with Crippen molar-refractivity contribution in [3.05, 3.63) is 50.9 Å². The maximum absolute atomic E-state index is 12.8. The van der Waals surface area contributed by atoms with Crippen LogP contribution in [0.1, 0.15) is 42.5 Å². The highest BCUT2D eigenvalue weighted by Gasteiger charge is 2.19. The zero-order chi connectivity index (χ0) is 20.7. The molecule has 0 unspecified atom stereocenters. The molecule has 0 spiro atoms. The Bertz CT molecular complexity index is 1310. The number of anilines is 1. The number of fused-ring (bicyclic) bond motifs is 4. The summed E-state index contributed by atoms with van der Waals surface area (Å²) in [5, 5.41) is 2.39. The lowest BCUT2D eigenvalue weighted by Crippen LogP contribution is -2.22. The lowest BCUT2D eigenvalue weighted by atomic mass is 10.1. The third-order valence-electron chi connectivity index (χ3n) is 5.61. The number of benzene rings is 1. The second kappa shape index (κ2) is 8.00. The quantitative estimate of drug-likeness (QED) is 0.286. The van der Waals surface area contributed by atoms with Crippen molar-refractivity contribution in [3.63, 3.8) is 0 Å². The van der Waals surface area contributed by atoms with Gasteiger partial charge in [-0.05, 0) is 50.3 Å². The SMILES string of the molecule is CCn1c(SCc2nc(N)c3c4c(sc3n2)CCCCC4)nc2ccccc2c1=O. The van der Waals surface area contributed by atoms with Crippen molar-refractivity contribution in [2.24, 2.45) is 0 Å². The van der Waals surface area contributed by atoms with Gasteiger partial charge >= 0.3 is 0 Å². The molecule has 4 aromatic rings. The van der Waals surface area contributed by atoms with Gasteiger partial charge in [0.15, 0.2) is 5.16 Å². The number of nitrogen functional groups attached to an aromatic ring is 1. The Balaban J connectivity index is 1.49. The van der Waals surface area contributed by atoms with Crippen LogP contribution in [-0.2, 0) is 25.1 Å². The summed E-state index contributed by atoms with van der Waals surface area (Å²) in [7, 11) is 0. The summed E-state index contributed by atoms with van der Waals surface area (Å²) in [5.74, 6) is 1.79. The van der Waals surface area contributed by atoms with E-state index in [-0.39, 0.29) is 5.56 Å². The van der Waals surface area contributed by atoms with Crippen LogP contribution in [0.4, 0.5) is 5.82 Å². The fraction of sp³-hybridized carbons (Fsp3) is 0.364. The second-order valence-corrected chi connectivity index (χ2v) is 9.55. The van der Waals surface area contributed by atoms with Gasteiger partial charge in [0.25, 0.3) is 5.56 Å². The van der Waals surface area contributed by atoms with E-state index in [0.717, 1.165) is 23.1 Å². The standard InChI is InChI=1S/C22H23N5OS2/c1-2-27-21(28)13-8-6-7-10-15(13)24-22(27)29-12-17-25-19(23)18-14-9-4-3-5-11-16(14)30-20(18)26-17/h6-8,10H,2-5,9,11-12H2,1H3,(H2,23,25,26). The highest BCUT2D eigenvalue weighted by atomic mass is 32.2. The first-order valence-corrected chi connectivity index (χ1v) is 12.1. The number of nitrogens with two attached hydrogens (primary N) is 1. The molecule has 8 heteroatoms. The summed E-state index contributed by atoms with van der Waals surface area (Å²) in [6, 6.07) is 7.47. The Morgan fingerprint density at radius 3 is 2.83 bits per heavy atom. The van der Waals surface area contributed by atoms with Crippen molar-refractivity contribution < 1.29 is 0 Å². The van der Waals surface area contributed by atoms with E-state index in [9.17, 15) is 4.79 Å². The number of rotatable bonds is 4. The lowest BCUT2D eigenvalue weighted by molar-refractivity contribution is 0.634. The average Bonchev–Trinajstić information content (AvgIpc) is 2.94. The van der Waals surface area contributed by atoms with Gasteiger partial charge < -0.3 is 5.73 Å². The van der Waals surface area contributed by atoms with Crippen LogP contribution in [0.15, 0.2) is 34.2 Å². The Morgan fingerprint density at radius 2 is 1.97 bits per heavy atom. The van der Waals surface area contributed by atoms with Crippen molar-refractivity contribution in [2.75, 3.05) is 5.73 Å². The van der Waals surface area contributed by atoms with Crippen LogP contribution in [0.2, 0.25) is 0 Å². The molecule has 1 aliphatic carbocycles. The summed E-state index contributed by atoms with van der Waals surface area (Å²) in [5.41, 5.74) is 8.44. The molecule has 1 aliphatic rings. The van der Waals surface area contributed by atoms with Crippen molar-refractivity contribution in [1.82, 2.24) is 19.5 Å². The molecule has 0 bridgehead atoms. The Kier molecular flexibility index (Phi) is 5.20. The van der Waals surface area contributed by atoms with Gasteiger partial charge in [0.1, 0.15) is 16.5 Å². The minimum atomic E-state index is -0.0107. The van der Waals surface area contributed by atoms with E-state index in [4.69, 9.17) is 15.7 Å². The number of para-hydroxylation sites is 1. The molecule has 2 N–H and O–H groups in total. The number of hydrogen-bond acceptors (Lipinski definition) is 7. The zero-order valence-corrected chi connectivity index (χ0v) is 18.5. The number of thioether (sulfide) groups is 1. The molecule has 1 aromatic carbocycles. The fourth-order valence-electron chi connectivity index (χ4n) is 4.14. The van der Waals surface area contributed by atoms with Crippen LogP contribution in [0.25, 0.3) is 21.1 Å². The number of hydrogen-bond donors (Lipinski definition) is 1. The third kappa shape index (κ3) is 3.37. The number of aryl methyl sites for hydroxylation is 2. The fourth-order valence-corrected chi connectivity index (χ4v) is 6.34. The smallest absolute Gasteiger partial charge is 0.262 e. The topological polar surface area (TPSA) is 86.7 Å². The van der Waals surface area contributed by atoms with Crippen LogP contribution in [-0.4, -0.2) is 19.5 Å². The normalized spacial score (nSPS) is 14.2. The number of nitrogens with zero attached hydrogens (tertiary/aromatic N) is 4. The molecule has 3 heterocycles. The Morgan fingerprint density at radius 1 is 1.13 bits per heavy atom. The highest BCUT2D eigenvalue weighted by molar-refractivity contribution is 7.98. The van der Waals surface area contributed by atoms with Gasteiger partial charge in [-0.2, -0.15) is 0 Å². The largest absolute Gasteiger partial charge is 0.383 e. The van der Waals surface area contributed by atoms with Crippen LogP contribution in [0.5, 0.6) is 0 Å². The van der Waals surface area contributed by atoms with E-state index in [1.807, 2.05) is 31.2 Å². The minimum Gasteiger partial charge on any atom is -0.383 e. The van der Waals surface area contributed by atoms with Crippen LogP contribution in [0.3, 0.4) is 0 Å². The van der Waals surface area contributed by atoms with Crippen molar-refractivity contribution in [1.29, 1.82) is 0 Å². The molecular formula is C22H23N5OS2. The first-order chi connectivity index (χ1) is 14.7. The van der Waals surface area contributed by atoms with Gasteiger partial charge in [-0.1, -0.05) is 30.3 Å². The monoisotopic (exact) mass is 437 g/mol. The first kappa shape index (κ1) is 19.5. The molecule has 6 nitrogen and oxygen atoms in total. The molecule has 30 heavy (non-hydrogen) atoms. The van der Waals surface area contributed by atoms with Gasteiger partial charge in [-0.25, -0.2) is 15.0 Å². The van der Waals surface area contributed by atoms with Gasteiger partial charge in [0.2, 0.25) is 0 Å². The summed E-state index contributed by atoms with van der Waals surface area (Å²) < 4.78 is 1.71. The summed E-state index contributed by atoms with van der Waals surface area (Å²) in [6.45, 7) is 2.53. The zero-order valence-electron chi connectivity index (χ0n) is 16.9. The lowest BCUT2D eigenvalue weighted by Gasteiger charge is -2.11. The molecule has 0 radical (unpaired) electrons. The molecule has 3 aromatic heterocycles. The molecular weight excluding hydrogens is 414 g/mol. The van der Waals surface area contributed by atoms with Crippen LogP contribution >= 0.6 is 23.1 Å². The summed E-state index contributed by atoms with van der Waals surface area (Å²) in [6.07, 6.45) is 5.90. The van der Waals surface area contributed by atoms with Crippen molar-refractivity contribution >= 4 is 50.0 Å². The minimum absolute atomic E-state index is 0.0107. The maximum Gasteiger partial charge on any atom is 0.262 e. The van der Waals surface area contributed by atoms with Crippen molar-refractivity contribution in [3.8, 4) is 0 Å². The first-order valence-electron chi connectivity index (χ1n) is 10.3. The molecule has 0 aliphatic heterocycles. The number of thiophene rings is 1. The van der Waals surface area contributed by atoms with Gasteiger partial charge in [0, 0.05) is 11.4 Å². The Labute approximate surface area is 182 Å². The van der Waals surface area contributed by atoms with E-state index in [1.54, 1.807) is 15.9 Å². The van der Waals surface area contributed by atoms with E-state index in [0.29, 0.717) is 40.0 Å². The van der Waals surface area contributed by atoms with Gasteiger partial charge in [-0.15, -0.1) is 11.3 Å². The molecule has 154 valence electrons. The summed E-state index contributed by atoms with van der Waals surface area (Å²) >= 11 is 3.25. The van der Waals surface area contributed by atoms with Crippen LogP contribution in [0, 0.1) is 0 Å². The summed E-state index contributed by atoms with van der Waals surface area (Å²) in [4.78, 5) is 29.4. The molecule has 0 atom stereocenters. The van der Waals surface area contributed by atoms with Crippen molar-refractivity contribution in [2.45, 2.75) is 56.5 Å². The van der Waals surface area contributed by atoms with Gasteiger partial charge in [-0.3, -0.25) is 9.36 Å². The molecule has 0 saturated carbocycles. The third-order valence-corrected chi connectivity index (χ3v) is 7.77. The van der Waals surface area contributed by atoms with E-state index in [2.05, 4.69) is 4.98 Å². The average molecular weight is 438 g/mol.